The second-order valence-corrected chi connectivity index (χ2v) is 4.33. The lowest BCUT2D eigenvalue weighted by Gasteiger charge is -2.10. The van der Waals surface area contributed by atoms with Crippen molar-refractivity contribution in [1.29, 1.82) is 0 Å². The summed E-state index contributed by atoms with van der Waals surface area (Å²) in [5, 5.41) is 12.9. The number of carboxylic acids is 1. The quantitative estimate of drug-likeness (QED) is 0.790. The second kappa shape index (κ2) is 5.83. The average Bonchev–Trinajstić information content (AvgIpc) is 2.99. The van der Waals surface area contributed by atoms with Crippen LogP contribution in [0.15, 0.2) is 12.4 Å². The van der Waals surface area contributed by atoms with Gasteiger partial charge in [0, 0.05) is 6.20 Å². The van der Waals surface area contributed by atoms with Crippen LogP contribution in [0, 0.1) is 0 Å². The summed E-state index contributed by atoms with van der Waals surface area (Å²) in [5.41, 5.74) is 0.384. The van der Waals surface area contributed by atoms with Crippen LogP contribution in [-0.4, -0.2) is 45.6 Å². The number of hydrogen-bond donors (Lipinski definition) is 1. The van der Waals surface area contributed by atoms with Crippen LogP contribution in [0.3, 0.4) is 0 Å². The Morgan fingerprint density at radius 2 is 2.37 bits per heavy atom. The highest BCUT2D eigenvalue weighted by Gasteiger charge is 2.30. The SMILES string of the molecule is CCOC(=O)c1cnn(CC2CCC(C(=O)O)O2)c1. The van der Waals surface area contributed by atoms with Crippen LogP contribution in [0.1, 0.15) is 30.1 Å². The molecule has 1 N–H and O–H groups in total. The van der Waals surface area contributed by atoms with Crippen molar-refractivity contribution < 1.29 is 24.2 Å². The molecule has 0 aliphatic carbocycles. The number of carboxylic acid groups (broad SMARTS) is 1. The molecule has 1 saturated heterocycles. The average molecular weight is 268 g/mol. The van der Waals surface area contributed by atoms with Gasteiger partial charge in [0.25, 0.3) is 0 Å². The number of aromatic nitrogens is 2. The predicted molar refractivity (Wildman–Crippen MR) is 63.7 cm³/mol. The largest absolute Gasteiger partial charge is 0.479 e. The number of hydrogen-bond acceptors (Lipinski definition) is 5. The van der Waals surface area contributed by atoms with E-state index in [-0.39, 0.29) is 6.10 Å². The van der Waals surface area contributed by atoms with Crippen LogP contribution < -0.4 is 0 Å². The molecule has 0 bridgehead atoms. The third-order valence-electron chi connectivity index (χ3n) is 2.92. The molecule has 0 saturated carbocycles. The molecule has 1 aromatic heterocycles. The van der Waals surface area contributed by atoms with Gasteiger partial charge < -0.3 is 14.6 Å². The summed E-state index contributed by atoms with van der Waals surface area (Å²) in [6.07, 6.45) is 3.27. The third kappa shape index (κ3) is 3.31. The van der Waals surface area contributed by atoms with E-state index in [2.05, 4.69) is 5.10 Å². The van der Waals surface area contributed by atoms with Gasteiger partial charge in [0.2, 0.25) is 0 Å². The van der Waals surface area contributed by atoms with E-state index < -0.39 is 18.0 Å². The summed E-state index contributed by atoms with van der Waals surface area (Å²) in [7, 11) is 0. The molecule has 2 atom stereocenters. The smallest absolute Gasteiger partial charge is 0.341 e. The molecule has 1 aromatic rings. The van der Waals surface area contributed by atoms with Gasteiger partial charge in [-0.2, -0.15) is 5.10 Å². The van der Waals surface area contributed by atoms with Crippen molar-refractivity contribution in [3.63, 3.8) is 0 Å². The van der Waals surface area contributed by atoms with E-state index in [1.807, 2.05) is 0 Å². The fraction of sp³-hybridized carbons (Fsp3) is 0.583. The van der Waals surface area contributed by atoms with Gasteiger partial charge in [-0.15, -0.1) is 0 Å². The van der Waals surface area contributed by atoms with Gasteiger partial charge in [0.15, 0.2) is 6.10 Å². The molecule has 7 nitrogen and oxygen atoms in total. The van der Waals surface area contributed by atoms with Gasteiger partial charge in [-0.1, -0.05) is 0 Å². The molecule has 0 amide bonds. The number of rotatable bonds is 5. The molecule has 1 aliphatic heterocycles. The Morgan fingerprint density at radius 3 is 3.00 bits per heavy atom. The third-order valence-corrected chi connectivity index (χ3v) is 2.92. The minimum Gasteiger partial charge on any atom is -0.479 e. The lowest BCUT2D eigenvalue weighted by molar-refractivity contribution is -0.149. The van der Waals surface area contributed by atoms with E-state index >= 15 is 0 Å². The van der Waals surface area contributed by atoms with E-state index in [4.69, 9.17) is 14.6 Å². The Hall–Kier alpha value is -1.89. The number of carbonyl (C=O) groups is 2. The summed E-state index contributed by atoms with van der Waals surface area (Å²) in [5.74, 6) is -1.35. The Balaban J connectivity index is 1.90. The molecule has 1 fully saturated rings. The zero-order valence-corrected chi connectivity index (χ0v) is 10.6. The van der Waals surface area contributed by atoms with Gasteiger partial charge in [-0.25, -0.2) is 9.59 Å². The van der Waals surface area contributed by atoms with E-state index in [1.54, 1.807) is 17.8 Å². The molecular formula is C12H16N2O5. The van der Waals surface area contributed by atoms with E-state index in [9.17, 15) is 9.59 Å². The van der Waals surface area contributed by atoms with Crippen LogP contribution in [0.4, 0.5) is 0 Å². The Bertz CT molecular complexity index is 470. The minimum atomic E-state index is -0.935. The normalized spacial score (nSPS) is 22.4. The van der Waals surface area contributed by atoms with Gasteiger partial charge >= 0.3 is 11.9 Å². The topological polar surface area (TPSA) is 90.7 Å². The van der Waals surface area contributed by atoms with Gasteiger partial charge in [0.1, 0.15) is 0 Å². The lowest BCUT2D eigenvalue weighted by atomic mass is 10.2. The molecule has 2 unspecified atom stereocenters. The molecule has 0 spiro atoms. The van der Waals surface area contributed by atoms with Crippen LogP contribution in [0.2, 0.25) is 0 Å². The number of nitrogens with zero attached hydrogens (tertiary/aromatic N) is 2. The van der Waals surface area contributed by atoms with Crippen molar-refractivity contribution in [2.24, 2.45) is 0 Å². The fourth-order valence-electron chi connectivity index (χ4n) is 2.01. The molecule has 0 radical (unpaired) electrons. The zero-order valence-electron chi connectivity index (χ0n) is 10.6. The summed E-state index contributed by atoms with van der Waals surface area (Å²) in [6, 6.07) is 0. The van der Waals surface area contributed by atoms with Gasteiger partial charge in [-0.05, 0) is 19.8 Å². The second-order valence-electron chi connectivity index (χ2n) is 4.33. The number of esters is 1. The van der Waals surface area contributed by atoms with Crippen molar-refractivity contribution in [3.05, 3.63) is 18.0 Å². The first-order valence-corrected chi connectivity index (χ1v) is 6.18. The molecule has 2 rings (SSSR count). The maximum atomic E-state index is 11.5. The van der Waals surface area contributed by atoms with Crippen LogP contribution in [0.25, 0.3) is 0 Å². The molecule has 104 valence electrons. The Morgan fingerprint density at radius 1 is 1.58 bits per heavy atom. The van der Waals surface area contributed by atoms with Crippen molar-refractivity contribution >= 4 is 11.9 Å². The van der Waals surface area contributed by atoms with E-state index in [1.165, 1.54) is 6.20 Å². The highest BCUT2D eigenvalue weighted by molar-refractivity contribution is 5.88. The highest BCUT2D eigenvalue weighted by Crippen LogP contribution is 2.21. The standard InChI is InChI=1S/C12H16N2O5/c1-2-18-12(17)8-5-13-14(6-8)7-9-3-4-10(19-9)11(15)16/h5-6,9-10H,2-4,7H2,1H3,(H,15,16). The van der Waals surface area contributed by atoms with Crippen LogP contribution >= 0.6 is 0 Å². The Labute approximate surface area is 110 Å². The first-order valence-electron chi connectivity index (χ1n) is 6.18. The predicted octanol–water partition coefficient (Wildman–Crippen LogP) is 0.692. The molecule has 0 aromatic carbocycles. The number of carbonyl (C=O) groups excluding carboxylic acids is 1. The monoisotopic (exact) mass is 268 g/mol. The first-order chi connectivity index (χ1) is 9.10. The van der Waals surface area contributed by atoms with E-state index in [0.717, 1.165) is 0 Å². The molecule has 2 heterocycles. The van der Waals surface area contributed by atoms with Crippen LogP contribution in [-0.2, 0) is 20.8 Å². The molecule has 1 aliphatic rings. The lowest BCUT2D eigenvalue weighted by Crippen LogP contribution is -2.23. The zero-order chi connectivity index (χ0) is 13.8. The van der Waals surface area contributed by atoms with Crippen molar-refractivity contribution in [3.8, 4) is 0 Å². The Kier molecular flexibility index (Phi) is 4.16. The summed E-state index contributed by atoms with van der Waals surface area (Å²) >= 11 is 0. The van der Waals surface area contributed by atoms with Crippen molar-refractivity contribution in [1.82, 2.24) is 9.78 Å². The molecule has 7 heteroatoms. The first kappa shape index (κ1) is 13.5. The molecule has 19 heavy (non-hydrogen) atoms. The summed E-state index contributed by atoms with van der Waals surface area (Å²) in [4.78, 5) is 22.2. The van der Waals surface area contributed by atoms with Gasteiger partial charge in [-0.3, -0.25) is 4.68 Å². The maximum Gasteiger partial charge on any atom is 0.341 e. The highest BCUT2D eigenvalue weighted by atomic mass is 16.5. The van der Waals surface area contributed by atoms with Crippen molar-refractivity contribution in [2.45, 2.75) is 38.5 Å². The number of ether oxygens (including phenoxy) is 2. The summed E-state index contributed by atoms with van der Waals surface area (Å²) in [6.45, 7) is 2.49. The van der Waals surface area contributed by atoms with Gasteiger partial charge in [0.05, 0.1) is 31.0 Å². The summed E-state index contributed by atoms with van der Waals surface area (Å²) < 4.78 is 11.8. The van der Waals surface area contributed by atoms with Crippen LogP contribution in [0.5, 0.6) is 0 Å². The van der Waals surface area contributed by atoms with E-state index in [0.29, 0.717) is 31.6 Å². The minimum absolute atomic E-state index is 0.184. The molecular weight excluding hydrogens is 252 g/mol. The maximum absolute atomic E-state index is 11.5. The fourth-order valence-corrected chi connectivity index (χ4v) is 2.01. The number of aliphatic carboxylic acids is 1. The van der Waals surface area contributed by atoms with Crippen molar-refractivity contribution in [2.75, 3.05) is 6.61 Å².